The van der Waals surface area contributed by atoms with E-state index in [0.717, 1.165) is 12.8 Å². The molecule has 1 aromatic heterocycles. The van der Waals surface area contributed by atoms with Gasteiger partial charge in [0, 0.05) is 30.9 Å². The zero-order valence-corrected chi connectivity index (χ0v) is 14.2. The Bertz CT molecular complexity index is 817. The first kappa shape index (κ1) is 16.4. The van der Waals surface area contributed by atoms with Crippen LogP contribution in [0.25, 0.3) is 0 Å². The number of fused-ring (bicyclic) bond motifs is 1. The smallest absolute Gasteiger partial charge is 0.272 e. The number of amides is 2. The third-order valence-corrected chi connectivity index (χ3v) is 4.64. The average Bonchev–Trinajstić information content (AvgIpc) is 3.16. The van der Waals surface area contributed by atoms with Gasteiger partial charge >= 0.3 is 0 Å². The molecule has 0 bridgehead atoms. The monoisotopic (exact) mass is 353 g/mol. The van der Waals surface area contributed by atoms with E-state index in [0.29, 0.717) is 35.8 Å². The van der Waals surface area contributed by atoms with Gasteiger partial charge in [0.15, 0.2) is 11.5 Å². The van der Waals surface area contributed by atoms with Gasteiger partial charge in [0.1, 0.15) is 5.69 Å². The second kappa shape index (κ2) is 7.03. The number of carbonyl (C=O) groups is 2. The van der Waals surface area contributed by atoms with Crippen molar-refractivity contribution >= 4 is 11.8 Å². The third-order valence-electron chi connectivity index (χ3n) is 4.64. The van der Waals surface area contributed by atoms with Crippen LogP contribution in [0.4, 0.5) is 0 Å². The number of benzene rings is 1. The van der Waals surface area contributed by atoms with Gasteiger partial charge in [-0.25, -0.2) is 0 Å². The van der Waals surface area contributed by atoms with Crippen LogP contribution in [-0.4, -0.2) is 47.6 Å². The van der Waals surface area contributed by atoms with Gasteiger partial charge in [0.25, 0.3) is 11.8 Å². The van der Waals surface area contributed by atoms with Crippen LogP contribution in [0, 0.1) is 0 Å². The molecule has 134 valence electrons. The molecule has 4 rings (SSSR count). The molecule has 1 N–H and O–H groups in total. The molecular formula is C19H19N3O4. The Kier molecular flexibility index (Phi) is 4.43. The summed E-state index contributed by atoms with van der Waals surface area (Å²) in [5.41, 5.74) is 0.997. The Hall–Kier alpha value is -3.09. The molecule has 0 radical (unpaired) electrons. The van der Waals surface area contributed by atoms with E-state index in [1.807, 2.05) is 0 Å². The molecule has 7 nitrogen and oxygen atoms in total. The van der Waals surface area contributed by atoms with Crippen molar-refractivity contribution in [3.63, 3.8) is 0 Å². The van der Waals surface area contributed by atoms with Crippen LogP contribution in [0.2, 0.25) is 0 Å². The molecule has 0 aliphatic carbocycles. The molecule has 1 saturated heterocycles. The molecule has 3 heterocycles. The number of piperidine rings is 1. The molecule has 0 spiro atoms. The molecular weight excluding hydrogens is 334 g/mol. The summed E-state index contributed by atoms with van der Waals surface area (Å²) in [6, 6.07) is 10.5. The van der Waals surface area contributed by atoms with Gasteiger partial charge in [-0.2, -0.15) is 0 Å². The number of pyridine rings is 1. The number of nitrogens with one attached hydrogen (secondary N) is 1. The number of nitrogens with zero attached hydrogens (tertiary/aromatic N) is 2. The van der Waals surface area contributed by atoms with Crippen LogP contribution in [0.3, 0.4) is 0 Å². The molecule has 1 fully saturated rings. The first-order valence-electron chi connectivity index (χ1n) is 8.61. The van der Waals surface area contributed by atoms with Gasteiger partial charge in [0.2, 0.25) is 6.79 Å². The summed E-state index contributed by atoms with van der Waals surface area (Å²) in [7, 11) is 0. The maximum Gasteiger partial charge on any atom is 0.272 e. The van der Waals surface area contributed by atoms with Gasteiger partial charge in [-0.3, -0.25) is 14.6 Å². The highest BCUT2D eigenvalue weighted by atomic mass is 16.7. The minimum Gasteiger partial charge on any atom is -0.454 e. The number of carbonyl (C=O) groups excluding carboxylic acids is 2. The number of hydrogen-bond acceptors (Lipinski definition) is 5. The molecule has 1 aromatic carbocycles. The van der Waals surface area contributed by atoms with Gasteiger partial charge in [-0.05, 0) is 43.2 Å². The van der Waals surface area contributed by atoms with E-state index >= 15 is 0 Å². The van der Waals surface area contributed by atoms with Gasteiger partial charge in [-0.15, -0.1) is 0 Å². The summed E-state index contributed by atoms with van der Waals surface area (Å²) in [5, 5.41) is 3.04. The fourth-order valence-corrected chi connectivity index (χ4v) is 3.18. The number of aromatic nitrogens is 1. The minimum atomic E-state index is -0.141. The normalized spacial score (nSPS) is 16.4. The quantitative estimate of drug-likeness (QED) is 0.911. The van der Waals surface area contributed by atoms with Crippen molar-refractivity contribution in [2.75, 3.05) is 19.9 Å². The molecule has 26 heavy (non-hydrogen) atoms. The van der Waals surface area contributed by atoms with E-state index < -0.39 is 0 Å². The maximum atomic E-state index is 12.5. The van der Waals surface area contributed by atoms with Gasteiger partial charge in [0.05, 0.1) is 0 Å². The number of rotatable bonds is 3. The van der Waals surface area contributed by atoms with Gasteiger partial charge in [-0.1, -0.05) is 6.07 Å². The molecule has 0 unspecified atom stereocenters. The van der Waals surface area contributed by atoms with Crippen LogP contribution in [-0.2, 0) is 0 Å². The van der Waals surface area contributed by atoms with Crippen LogP contribution < -0.4 is 14.8 Å². The first-order valence-corrected chi connectivity index (χ1v) is 8.61. The second-order valence-corrected chi connectivity index (χ2v) is 6.32. The van der Waals surface area contributed by atoms with E-state index in [1.165, 1.54) is 0 Å². The third kappa shape index (κ3) is 3.33. The lowest BCUT2D eigenvalue weighted by molar-refractivity contribution is 0.0692. The van der Waals surface area contributed by atoms with Crippen molar-refractivity contribution < 1.29 is 19.1 Å². The minimum absolute atomic E-state index is 0.0423. The number of ether oxygens (including phenoxy) is 2. The highest BCUT2D eigenvalue weighted by Crippen LogP contribution is 2.32. The lowest BCUT2D eigenvalue weighted by Gasteiger charge is -2.32. The summed E-state index contributed by atoms with van der Waals surface area (Å²) in [6.07, 6.45) is 3.05. The Morgan fingerprint density at radius 1 is 1.08 bits per heavy atom. The summed E-state index contributed by atoms with van der Waals surface area (Å²) in [6.45, 7) is 1.38. The second-order valence-electron chi connectivity index (χ2n) is 6.32. The zero-order chi connectivity index (χ0) is 17.9. The highest BCUT2D eigenvalue weighted by molar-refractivity contribution is 5.95. The van der Waals surface area contributed by atoms with Crippen LogP contribution in [0.5, 0.6) is 11.5 Å². The largest absolute Gasteiger partial charge is 0.454 e. The lowest BCUT2D eigenvalue weighted by Crippen LogP contribution is -2.46. The summed E-state index contributed by atoms with van der Waals surface area (Å²) in [4.78, 5) is 30.8. The molecule has 2 aromatic rings. The summed E-state index contributed by atoms with van der Waals surface area (Å²) < 4.78 is 10.6. The van der Waals surface area contributed by atoms with Crippen LogP contribution in [0.1, 0.15) is 33.7 Å². The molecule has 0 saturated carbocycles. The standard InChI is InChI=1S/C19H19N3O4/c23-18(13-4-5-16-17(11-13)26-12-25-16)21-14-6-9-22(10-7-14)19(24)15-3-1-2-8-20-15/h1-5,8,11,14H,6-7,9-10,12H2,(H,21,23). The predicted octanol–water partition coefficient (Wildman–Crippen LogP) is 1.84. The molecule has 2 amide bonds. The van der Waals surface area contributed by atoms with Crippen molar-refractivity contribution in [1.82, 2.24) is 15.2 Å². The SMILES string of the molecule is O=C(NC1CCN(C(=O)c2ccccn2)CC1)c1ccc2c(c1)OCO2. The zero-order valence-electron chi connectivity index (χ0n) is 14.2. The molecule has 2 aliphatic heterocycles. The van der Waals surface area contributed by atoms with Crippen molar-refractivity contribution in [1.29, 1.82) is 0 Å². The van der Waals surface area contributed by atoms with E-state index in [9.17, 15) is 9.59 Å². The average molecular weight is 353 g/mol. The summed E-state index contributed by atoms with van der Waals surface area (Å²) >= 11 is 0. The van der Waals surface area contributed by atoms with Crippen molar-refractivity contribution in [2.24, 2.45) is 0 Å². The van der Waals surface area contributed by atoms with Crippen molar-refractivity contribution in [2.45, 2.75) is 18.9 Å². The molecule has 7 heteroatoms. The summed E-state index contributed by atoms with van der Waals surface area (Å²) in [5.74, 6) is 1.04. The number of hydrogen-bond donors (Lipinski definition) is 1. The fourth-order valence-electron chi connectivity index (χ4n) is 3.18. The van der Waals surface area contributed by atoms with E-state index in [-0.39, 0.29) is 24.6 Å². The number of likely N-dealkylation sites (tertiary alicyclic amines) is 1. The topological polar surface area (TPSA) is 80.8 Å². The first-order chi connectivity index (χ1) is 12.7. The van der Waals surface area contributed by atoms with Crippen LogP contribution >= 0.6 is 0 Å². The maximum absolute atomic E-state index is 12.5. The Labute approximate surface area is 150 Å². The predicted molar refractivity (Wildman–Crippen MR) is 93.2 cm³/mol. The Morgan fingerprint density at radius 3 is 2.65 bits per heavy atom. The highest BCUT2D eigenvalue weighted by Gasteiger charge is 2.26. The van der Waals surface area contributed by atoms with Crippen molar-refractivity contribution in [3.8, 4) is 11.5 Å². The molecule has 0 atom stereocenters. The Morgan fingerprint density at radius 2 is 1.88 bits per heavy atom. The van der Waals surface area contributed by atoms with E-state index in [2.05, 4.69) is 10.3 Å². The van der Waals surface area contributed by atoms with Crippen molar-refractivity contribution in [3.05, 3.63) is 53.9 Å². The Balaban J connectivity index is 1.32. The van der Waals surface area contributed by atoms with E-state index in [4.69, 9.17) is 9.47 Å². The lowest BCUT2D eigenvalue weighted by atomic mass is 10.0. The molecule has 2 aliphatic rings. The van der Waals surface area contributed by atoms with E-state index in [1.54, 1.807) is 47.5 Å². The van der Waals surface area contributed by atoms with Gasteiger partial charge < -0.3 is 19.7 Å². The van der Waals surface area contributed by atoms with Crippen LogP contribution in [0.15, 0.2) is 42.6 Å². The fraction of sp³-hybridized carbons (Fsp3) is 0.316.